The number of carbonyl (C=O) groups excluding carboxylic acids is 1. The number of rotatable bonds is 10. The molecule has 0 saturated carbocycles. The molecule has 0 fully saturated rings. The van der Waals surface area contributed by atoms with Crippen molar-refractivity contribution >= 4 is 5.91 Å². The van der Waals surface area contributed by atoms with E-state index in [2.05, 4.69) is 31.4 Å². The highest BCUT2D eigenvalue weighted by molar-refractivity contribution is 5.81. The molecule has 17 heavy (non-hydrogen) atoms. The monoisotopic (exact) mass is 243 g/mol. The molecule has 0 aliphatic rings. The van der Waals surface area contributed by atoms with Gasteiger partial charge >= 0.3 is 0 Å². The second kappa shape index (κ2) is 10.5. The molecular formula is C13H29N3O. The van der Waals surface area contributed by atoms with E-state index in [0.717, 1.165) is 45.2 Å². The molecule has 102 valence electrons. The lowest BCUT2D eigenvalue weighted by Gasteiger charge is -2.12. The van der Waals surface area contributed by atoms with Gasteiger partial charge in [-0.05, 0) is 25.8 Å². The molecule has 4 heteroatoms. The fraction of sp³-hybridized carbons (Fsp3) is 0.923. The van der Waals surface area contributed by atoms with E-state index in [9.17, 15) is 4.79 Å². The van der Waals surface area contributed by atoms with E-state index in [4.69, 9.17) is 5.73 Å². The Morgan fingerprint density at radius 2 is 1.82 bits per heavy atom. The van der Waals surface area contributed by atoms with Crippen LogP contribution in [0.1, 0.15) is 52.9 Å². The predicted molar refractivity (Wildman–Crippen MR) is 72.9 cm³/mol. The summed E-state index contributed by atoms with van der Waals surface area (Å²) in [6.07, 6.45) is 4.99. The minimum atomic E-state index is -0.330. The first-order chi connectivity index (χ1) is 8.07. The van der Waals surface area contributed by atoms with Crippen molar-refractivity contribution < 1.29 is 4.79 Å². The molecule has 0 heterocycles. The lowest BCUT2D eigenvalue weighted by molar-refractivity contribution is -0.122. The van der Waals surface area contributed by atoms with Crippen LogP contribution in [-0.2, 0) is 4.79 Å². The van der Waals surface area contributed by atoms with Gasteiger partial charge in [0.15, 0.2) is 0 Å². The fourth-order valence-electron chi connectivity index (χ4n) is 1.54. The standard InChI is InChI=1S/C13H29N3O/c1-4-5-8-12(14)13(17)16-10-7-6-9-15-11(2)3/h11-12,15H,4-10,14H2,1-3H3,(H,16,17)/t12-/m0/s1. The summed E-state index contributed by atoms with van der Waals surface area (Å²) in [4.78, 5) is 11.5. The summed E-state index contributed by atoms with van der Waals surface area (Å²) in [7, 11) is 0. The Morgan fingerprint density at radius 1 is 1.18 bits per heavy atom. The molecule has 4 N–H and O–H groups in total. The number of carbonyl (C=O) groups is 1. The first-order valence-electron chi connectivity index (χ1n) is 6.84. The topological polar surface area (TPSA) is 67.2 Å². The highest BCUT2D eigenvalue weighted by Crippen LogP contribution is 1.98. The molecule has 0 radical (unpaired) electrons. The van der Waals surface area contributed by atoms with Crippen LogP contribution in [0.15, 0.2) is 0 Å². The van der Waals surface area contributed by atoms with E-state index in [1.54, 1.807) is 0 Å². The Bertz CT molecular complexity index is 195. The predicted octanol–water partition coefficient (Wildman–Crippen LogP) is 1.40. The first-order valence-corrected chi connectivity index (χ1v) is 6.84. The van der Waals surface area contributed by atoms with Crippen molar-refractivity contribution in [2.45, 2.75) is 65.0 Å². The number of nitrogens with two attached hydrogens (primary N) is 1. The molecule has 0 aromatic carbocycles. The highest BCUT2D eigenvalue weighted by Gasteiger charge is 2.11. The molecule has 1 amide bonds. The third kappa shape index (κ3) is 10.3. The van der Waals surface area contributed by atoms with Crippen LogP contribution in [-0.4, -0.2) is 31.1 Å². The zero-order chi connectivity index (χ0) is 13.1. The third-order valence-corrected chi connectivity index (χ3v) is 2.66. The van der Waals surface area contributed by atoms with Crippen molar-refractivity contribution in [3.05, 3.63) is 0 Å². The average molecular weight is 243 g/mol. The van der Waals surface area contributed by atoms with Gasteiger partial charge in [0.2, 0.25) is 5.91 Å². The summed E-state index contributed by atoms with van der Waals surface area (Å²) < 4.78 is 0. The Labute approximate surface area is 106 Å². The van der Waals surface area contributed by atoms with Crippen LogP contribution in [0.4, 0.5) is 0 Å². The largest absolute Gasteiger partial charge is 0.355 e. The summed E-state index contributed by atoms with van der Waals surface area (Å²) in [6.45, 7) is 8.11. The molecule has 0 rings (SSSR count). The highest BCUT2D eigenvalue weighted by atomic mass is 16.2. The van der Waals surface area contributed by atoms with Gasteiger partial charge in [-0.15, -0.1) is 0 Å². The van der Waals surface area contributed by atoms with E-state index < -0.39 is 0 Å². The summed E-state index contributed by atoms with van der Waals surface area (Å²) in [5.41, 5.74) is 5.76. The first kappa shape index (κ1) is 16.4. The van der Waals surface area contributed by atoms with Crippen molar-refractivity contribution in [1.82, 2.24) is 10.6 Å². The second-order valence-corrected chi connectivity index (χ2v) is 4.86. The van der Waals surface area contributed by atoms with Crippen LogP contribution in [0.2, 0.25) is 0 Å². The van der Waals surface area contributed by atoms with Crippen LogP contribution >= 0.6 is 0 Å². The van der Waals surface area contributed by atoms with Gasteiger partial charge in [-0.25, -0.2) is 0 Å². The minimum absolute atomic E-state index is 0.00438. The van der Waals surface area contributed by atoms with Crippen LogP contribution < -0.4 is 16.4 Å². The molecule has 0 aliphatic heterocycles. The van der Waals surface area contributed by atoms with E-state index in [-0.39, 0.29) is 11.9 Å². The number of nitrogens with one attached hydrogen (secondary N) is 2. The lowest BCUT2D eigenvalue weighted by atomic mass is 10.1. The smallest absolute Gasteiger partial charge is 0.236 e. The molecule has 0 aliphatic carbocycles. The van der Waals surface area contributed by atoms with Crippen molar-refractivity contribution in [2.75, 3.05) is 13.1 Å². The van der Waals surface area contributed by atoms with Gasteiger partial charge in [-0.3, -0.25) is 4.79 Å². The lowest BCUT2D eigenvalue weighted by Crippen LogP contribution is -2.41. The summed E-state index contributed by atoms with van der Waals surface area (Å²) >= 11 is 0. The SMILES string of the molecule is CCCC[C@H](N)C(=O)NCCCCNC(C)C. The summed E-state index contributed by atoms with van der Waals surface area (Å²) in [5, 5.41) is 6.23. The van der Waals surface area contributed by atoms with Gasteiger partial charge in [0.1, 0.15) is 0 Å². The number of amides is 1. The summed E-state index contributed by atoms with van der Waals surface area (Å²) in [6, 6.07) is 0.204. The van der Waals surface area contributed by atoms with Crippen molar-refractivity contribution in [3.8, 4) is 0 Å². The van der Waals surface area contributed by atoms with Gasteiger partial charge < -0.3 is 16.4 Å². The third-order valence-electron chi connectivity index (χ3n) is 2.66. The van der Waals surface area contributed by atoms with Gasteiger partial charge in [0, 0.05) is 12.6 Å². The van der Waals surface area contributed by atoms with E-state index in [1.165, 1.54) is 0 Å². The van der Waals surface area contributed by atoms with Crippen LogP contribution in [0.25, 0.3) is 0 Å². The minimum Gasteiger partial charge on any atom is -0.355 e. The zero-order valence-electron chi connectivity index (χ0n) is 11.6. The Kier molecular flexibility index (Phi) is 10.2. The van der Waals surface area contributed by atoms with Crippen LogP contribution in [0.3, 0.4) is 0 Å². The van der Waals surface area contributed by atoms with Gasteiger partial charge in [-0.1, -0.05) is 33.6 Å². The average Bonchev–Trinajstić information content (AvgIpc) is 2.29. The zero-order valence-corrected chi connectivity index (χ0v) is 11.6. The Morgan fingerprint density at radius 3 is 2.41 bits per heavy atom. The van der Waals surface area contributed by atoms with Crippen molar-refractivity contribution in [3.63, 3.8) is 0 Å². The van der Waals surface area contributed by atoms with E-state index >= 15 is 0 Å². The van der Waals surface area contributed by atoms with E-state index in [0.29, 0.717) is 6.04 Å². The number of hydrogen-bond acceptors (Lipinski definition) is 3. The normalized spacial score (nSPS) is 12.8. The quantitative estimate of drug-likeness (QED) is 0.508. The molecule has 4 nitrogen and oxygen atoms in total. The Hall–Kier alpha value is -0.610. The van der Waals surface area contributed by atoms with Gasteiger partial charge in [0.25, 0.3) is 0 Å². The van der Waals surface area contributed by atoms with Gasteiger partial charge in [-0.2, -0.15) is 0 Å². The Balaban J connectivity index is 3.38. The van der Waals surface area contributed by atoms with Crippen molar-refractivity contribution in [2.24, 2.45) is 5.73 Å². The van der Waals surface area contributed by atoms with Crippen LogP contribution in [0.5, 0.6) is 0 Å². The molecule has 0 spiro atoms. The molecule has 0 aromatic rings. The maximum Gasteiger partial charge on any atom is 0.236 e. The van der Waals surface area contributed by atoms with Crippen LogP contribution in [0, 0.1) is 0 Å². The molecule has 0 aromatic heterocycles. The molecule has 0 saturated heterocycles. The molecule has 0 bridgehead atoms. The molecular weight excluding hydrogens is 214 g/mol. The molecule has 0 unspecified atom stereocenters. The maximum atomic E-state index is 11.5. The number of hydrogen-bond donors (Lipinski definition) is 3. The van der Waals surface area contributed by atoms with E-state index in [1.807, 2.05) is 0 Å². The van der Waals surface area contributed by atoms with Gasteiger partial charge in [0.05, 0.1) is 6.04 Å². The molecule has 1 atom stereocenters. The fourth-order valence-corrected chi connectivity index (χ4v) is 1.54. The van der Waals surface area contributed by atoms with Crippen molar-refractivity contribution in [1.29, 1.82) is 0 Å². The number of unbranched alkanes of at least 4 members (excludes halogenated alkanes) is 2. The second-order valence-electron chi connectivity index (χ2n) is 4.86. The summed E-state index contributed by atoms with van der Waals surface area (Å²) in [5.74, 6) is -0.00438. The maximum absolute atomic E-state index is 11.5.